The van der Waals surface area contributed by atoms with E-state index in [1.807, 2.05) is 0 Å². The highest BCUT2D eigenvalue weighted by Gasteiger charge is 2.33. The molecule has 116 valence electrons. The van der Waals surface area contributed by atoms with Gasteiger partial charge in [0.15, 0.2) is 0 Å². The smallest absolute Gasteiger partial charge is 0.166 e. The lowest BCUT2D eigenvalue weighted by Crippen LogP contribution is -2.37. The summed E-state index contributed by atoms with van der Waals surface area (Å²) in [6.45, 7) is 0. The van der Waals surface area contributed by atoms with E-state index in [1.165, 1.54) is 24.3 Å². The molecular weight excluding hydrogens is 373 g/mol. The standard InChI is InChI=1S/C14H8BBrF6/c16-15(11-5-1-3-9(7-11)13(17,18)19)12-6-2-4-10(8-12)14(20,21)22/h1-8H. The van der Waals surface area contributed by atoms with Crippen LogP contribution < -0.4 is 10.9 Å². The zero-order valence-corrected chi connectivity index (χ0v) is 12.4. The number of hydrogen-bond donors (Lipinski definition) is 0. The van der Waals surface area contributed by atoms with Crippen molar-refractivity contribution in [1.82, 2.24) is 0 Å². The van der Waals surface area contributed by atoms with Crippen LogP contribution in [0, 0.1) is 0 Å². The van der Waals surface area contributed by atoms with Crippen molar-refractivity contribution >= 4 is 32.2 Å². The SMILES string of the molecule is FC(F)(F)c1cccc(B(Br)c2cccc(C(F)(F)F)c2)c1. The van der Waals surface area contributed by atoms with E-state index in [1.54, 1.807) is 0 Å². The maximum Gasteiger partial charge on any atom is 0.416 e. The third-order valence-corrected chi connectivity index (χ3v) is 4.07. The van der Waals surface area contributed by atoms with Crippen LogP contribution in [0.25, 0.3) is 0 Å². The molecule has 0 aliphatic carbocycles. The summed E-state index contributed by atoms with van der Waals surface area (Å²) >= 11 is 3.16. The zero-order valence-electron chi connectivity index (χ0n) is 10.8. The molecule has 2 aromatic rings. The summed E-state index contributed by atoms with van der Waals surface area (Å²) in [6, 6.07) is 8.95. The molecular formula is C14H8BBrF6. The van der Waals surface area contributed by atoms with E-state index in [-0.39, 0.29) is 10.9 Å². The van der Waals surface area contributed by atoms with Crippen molar-refractivity contribution in [2.45, 2.75) is 12.4 Å². The maximum absolute atomic E-state index is 12.7. The Hall–Kier alpha value is -1.44. The van der Waals surface area contributed by atoms with Crippen LogP contribution >= 0.6 is 15.8 Å². The van der Waals surface area contributed by atoms with E-state index in [9.17, 15) is 26.3 Å². The van der Waals surface area contributed by atoms with E-state index in [2.05, 4.69) is 15.8 Å². The van der Waals surface area contributed by atoms with Gasteiger partial charge in [0.25, 0.3) is 5.54 Å². The van der Waals surface area contributed by atoms with Crippen molar-refractivity contribution in [2.75, 3.05) is 0 Å². The average molecular weight is 381 g/mol. The summed E-state index contributed by atoms with van der Waals surface area (Å²) in [7, 11) is 0. The Balaban J connectivity index is 2.38. The minimum absolute atomic E-state index is 0.231. The summed E-state index contributed by atoms with van der Waals surface area (Å²) in [4.78, 5) is 0. The topological polar surface area (TPSA) is 0 Å². The summed E-state index contributed by atoms with van der Waals surface area (Å²) in [5.41, 5.74) is -2.00. The first kappa shape index (κ1) is 16.9. The number of halogens is 7. The predicted octanol–water partition coefficient (Wildman–Crippen LogP) is 4.22. The Bertz CT molecular complexity index is 607. The molecule has 0 bridgehead atoms. The van der Waals surface area contributed by atoms with Crippen molar-refractivity contribution in [1.29, 1.82) is 0 Å². The number of benzene rings is 2. The fraction of sp³-hybridized carbons (Fsp3) is 0.143. The van der Waals surface area contributed by atoms with E-state index in [4.69, 9.17) is 0 Å². The molecule has 0 amide bonds. The summed E-state index contributed by atoms with van der Waals surface area (Å²) in [6.07, 6.45) is -9.01. The lowest BCUT2D eigenvalue weighted by atomic mass is 9.63. The van der Waals surface area contributed by atoms with Gasteiger partial charge in [-0.05, 0) is 0 Å². The van der Waals surface area contributed by atoms with Crippen LogP contribution in [-0.4, -0.2) is 5.54 Å². The average Bonchev–Trinajstić information content (AvgIpc) is 2.45. The van der Waals surface area contributed by atoms with Crippen LogP contribution in [0.15, 0.2) is 48.5 Å². The molecule has 0 radical (unpaired) electrons. The van der Waals surface area contributed by atoms with Crippen LogP contribution in [0.2, 0.25) is 0 Å². The molecule has 0 aliphatic heterocycles. The minimum atomic E-state index is -4.50. The van der Waals surface area contributed by atoms with Gasteiger partial charge in [-0.15, -0.1) is 15.8 Å². The molecule has 0 nitrogen and oxygen atoms in total. The molecule has 0 N–H and O–H groups in total. The summed E-state index contributed by atoms with van der Waals surface area (Å²) in [5, 5.41) is 0. The summed E-state index contributed by atoms with van der Waals surface area (Å²) in [5.74, 6) is 0. The Morgan fingerprint density at radius 2 is 1.05 bits per heavy atom. The van der Waals surface area contributed by atoms with E-state index < -0.39 is 29.0 Å². The highest BCUT2D eigenvalue weighted by molar-refractivity contribution is 9.25. The van der Waals surface area contributed by atoms with Gasteiger partial charge < -0.3 is 0 Å². The van der Waals surface area contributed by atoms with Gasteiger partial charge in [-0.3, -0.25) is 0 Å². The highest BCUT2D eigenvalue weighted by Crippen LogP contribution is 2.29. The van der Waals surface area contributed by atoms with Gasteiger partial charge in [0.05, 0.1) is 11.1 Å². The second kappa shape index (κ2) is 5.99. The van der Waals surface area contributed by atoms with Gasteiger partial charge in [0.1, 0.15) is 0 Å². The van der Waals surface area contributed by atoms with Crippen molar-refractivity contribution in [2.24, 2.45) is 0 Å². The van der Waals surface area contributed by atoms with Crippen molar-refractivity contribution in [3.63, 3.8) is 0 Å². The second-order valence-corrected chi connectivity index (χ2v) is 5.52. The van der Waals surface area contributed by atoms with E-state index in [0.29, 0.717) is 0 Å². The molecule has 8 heteroatoms. The minimum Gasteiger partial charge on any atom is -0.166 e. The molecule has 0 spiro atoms. The van der Waals surface area contributed by atoms with Crippen molar-refractivity contribution in [3.05, 3.63) is 59.7 Å². The number of alkyl halides is 6. The molecule has 22 heavy (non-hydrogen) atoms. The van der Waals surface area contributed by atoms with E-state index in [0.717, 1.165) is 24.3 Å². The second-order valence-electron chi connectivity index (χ2n) is 4.61. The maximum atomic E-state index is 12.7. The quantitative estimate of drug-likeness (QED) is 0.540. The lowest BCUT2D eigenvalue weighted by Gasteiger charge is -2.13. The van der Waals surface area contributed by atoms with Gasteiger partial charge in [0.2, 0.25) is 0 Å². The monoisotopic (exact) mass is 380 g/mol. The third kappa shape index (κ3) is 3.85. The Morgan fingerprint density at radius 1 is 0.682 bits per heavy atom. The van der Waals surface area contributed by atoms with Gasteiger partial charge in [-0.2, -0.15) is 26.3 Å². The predicted molar refractivity (Wildman–Crippen MR) is 76.8 cm³/mol. The molecule has 2 rings (SSSR count). The van der Waals surface area contributed by atoms with Crippen molar-refractivity contribution in [3.8, 4) is 0 Å². The number of hydrogen-bond acceptors (Lipinski definition) is 0. The Kier molecular flexibility index (Phi) is 4.61. The molecule has 0 aliphatic rings. The molecule has 0 atom stereocenters. The first-order valence-electron chi connectivity index (χ1n) is 6.07. The van der Waals surface area contributed by atoms with Gasteiger partial charge >= 0.3 is 12.4 Å². The van der Waals surface area contributed by atoms with Crippen LogP contribution in [-0.2, 0) is 12.4 Å². The van der Waals surface area contributed by atoms with Gasteiger partial charge in [-0.25, -0.2) is 0 Å². The Morgan fingerprint density at radius 3 is 1.36 bits per heavy atom. The zero-order chi connectivity index (χ0) is 16.5. The molecule has 2 aromatic carbocycles. The van der Waals surface area contributed by atoms with Crippen LogP contribution in [0.5, 0.6) is 0 Å². The van der Waals surface area contributed by atoms with Crippen molar-refractivity contribution < 1.29 is 26.3 Å². The molecule has 0 heterocycles. The summed E-state index contributed by atoms with van der Waals surface area (Å²) < 4.78 is 76.1. The molecule has 0 unspecified atom stereocenters. The Labute approximate surface area is 131 Å². The fourth-order valence-corrected chi connectivity index (χ4v) is 2.51. The lowest BCUT2D eigenvalue weighted by molar-refractivity contribution is -0.138. The van der Waals surface area contributed by atoms with Crippen LogP contribution in [0.3, 0.4) is 0 Å². The van der Waals surface area contributed by atoms with Gasteiger partial charge in [-0.1, -0.05) is 59.5 Å². The fourth-order valence-electron chi connectivity index (χ4n) is 1.94. The first-order valence-corrected chi connectivity index (χ1v) is 6.99. The largest absolute Gasteiger partial charge is 0.416 e. The number of rotatable bonds is 2. The normalized spacial score (nSPS) is 12.3. The molecule has 0 aromatic heterocycles. The van der Waals surface area contributed by atoms with Crippen LogP contribution in [0.4, 0.5) is 26.3 Å². The highest BCUT2D eigenvalue weighted by atomic mass is 79.9. The molecule has 0 saturated carbocycles. The third-order valence-electron chi connectivity index (χ3n) is 3.01. The molecule has 0 fully saturated rings. The molecule has 0 saturated heterocycles. The first-order chi connectivity index (χ1) is 10.1. The van der Waals surface area contributed by atoms with Crippen LogP contribution in [0.1, 0.15) is 11.1 Å². The van der Waals surface area contributed by atoms with Gasteiger partial charge in [0, 0.05) is 0 Å². The van der Waals surface area contributed by atoms with E-state index >= 15 is 0 Å².